The van der Waals surface area contributed by atoms with Gasteiger partial charge in [0.05, 0.1) is 17.9 Å². The van der Waals surface area contributed by atoms with Crippen molar-refractivity contribution in [1.29, 1.82) is 0 Å². The molecule has 0 aromatic heterocycles. The molecule has 0 heterocycles. The van der Waals surface area contributed by atoms with Crippen LogP contribution >= 0.6 is 0 Å². The fraction of sp³-hybridized carbons (Fsp3) is 0.500. The smallest absolute Gasteiger partial charge is 0.337 e. The zero-order chi connectivity index (χ0) is 14.1. The Bertz CT molecular complexity index is 395. The summed E-state index contributed by atoms with van der Waals surface area (Å²) in [5.74, 6) is -0.912. The minimum Gasteiger partial charge on any atom is -0.478 e. The zero-order valence-electron chi connectivity index (χ0n) is 11.5. The number of aromatic carboxylic acids is 1. The number of anilines is 1. The molecule has 1 rings (SSSR count). The molecule has 1 N–H and O–H groups in total. The van der Waals surface area contributed by atoms with Crippen LogP contribution in [0.25, 0.3) is 0 Å². The molecule has 0 atom stereocenters. The summed E-state index contributed by atoms with van der Waals surface area (Å²) in [4.78, 5) is 13.3. The molecule has 5 heteroatoms. The first-order valence-electron chi connectivity index (χ1n) is 6.25. The van der Waals surface area contributed by atoms with E-state index in [9.17, 15) is 9.90 Å². The molecule has 5 nitrogen and oxygen atoms in total. The van der Waals surface area contributed by atoms with E-state index in [0.29, 0.717) is 25.3 Å². The fourth-order valence-corrected chi connectivity index (χ4v) is 1.88. The summed E-state index contributed by atoms with van der Waals surface area (Å²) in [6.45, 7) is 2.60. The standard InChI is InChI=1S/C14H21NO4/c1-18-10-5-8-15(9-11-19-2)13-7-4-3-6-12(13)14(16)17/h3-4,6-7H,5,8-11H2,1-2H3,(H,16,17). The first kappa shape index (κ1) is 15.5. The highest BCUT2D eigenvalue weighted by Crippen LogP contribution is 2.20. The Morgan fingerprint density at radius 3 is 2.47 bits per heavy atom. The van der Waals surface area contributed by atoms with Crippen LogP contribution in [-0.2, 0) is 9.47 Å². The van der Waals surface area contributed by atoms with E-state index in [-0.39, 0.29) is 0 Å². The SMILES string of the molecule is COCCCN(CCOC)c1ccccc1C(=O)O. The van der Waals surface area contributed by atoms with Crippen LogP contribution in [0.2, 0.25) is 0 Å². The Morgan fingerprint density at radius 1 is 1.16 bits per heavy atom. The Labute approximate surface area is 113 Å². The van der Waals surface area contributed by atoms with Crippen molar-refractivity contribution in [2.75, 3.05) is 45.4 Å². The molecular weight excluding hydrogens is 246 g/mol. The Hall–Kier alpha value is -1.59. The molecule has 0 radical (unpaired) electrons. The second-order valence-corrected chi connectivity index (χ2v) is 4.15. The van der Waals surface area contributed by atoms with Gasteiger partial charge in [0.25, 0.3) is 0 Å². The first-order valence-corrected chi connectivity index (χ1v) is 6.25. The lowest BCUT2D eigenvalue weighted by atomic mass is 10.1. The molecule has 0 saturated heterocycles. The number of rotatable bonds is 9. The van der Waals surface area contributed by atoms with Gasteiger partial charge in [0.2, 0.25) is 0 Å². The van der Waals surface area contributed by atoms with Crippen molar-refractivity contribution in [1.82, 2.24) is 0 Å². The molecule has 106 valence electrons. The van der Waals surface area contributed by atoms with Crippen molar-refractivity contribution in [3.63, 3.8) is 0 Å². The minimum absolute atomic E-state index is 0.316. The van der Waals surface area contributed by atoms with E-state index in [4.69, 9.17) is 9.47 Å². The largest absolute Gasteiger partial charge is 0.478 e. The van der Waals surface area contributed by atoms with Gasteiger partial charge in [-0.2, -0.15) is 0 Å². The van der Waals surface area contributed by atoms with Crippen LogP contribution in [0.4, 0.5) is 5.69 Å². The quantitative estimate of drug-likeness (QED) is 0.692. The Balaban J connectivity index is 2.85. The van der Waals surface area contributed by atoms with E-state index in [1.54, 1.807) is 26.4 Å². The average molecular weight is 267 g/mol. The highest BCUT2D eigenvalue weighted by molar-refractivity contribution is 5.94. The van der Waals surface area contributed by atoms with Gasteiger partial charge in [0.1, 0.15) is 0 Å². The number of hydrogen-bond donors (Lipinski definition) is 1. The maximum absolute atomic E-state index is 11.2. The van der Waals surface area contributed by atoms with Crippen molar-refractivity contribution >= 4 is 11.7 Å². The number of carboxylic acid groups (broad SMARTS) is 1. The van der Waals surface area contributed by atoms with Gasteiger partial charge in [-0.25, -0.2) is 4.79 Å². The maximum Gasteiger partial charge on any atom is 0.337 e. The van der Waals surface area contributed by atoms with Crippen LogP contribution in [0.3, 0.4) is 0 Å². The van der Waals surface area contributed by atoms with Crippen molar-refractivity contribution < 1.29 is 19.4 Å². The van der Waals surface area contributed by atoms with E-state index in [0.717, 1.165) is 18.7 Å². The summed E-state index contributed by atoms with van der Waals surface area (Å²) in [6.07, 6.45) is 0.841. The number of ether oxygens (including phenoxy) is 2. The van der Waals surface area contributed by atoms with Crippen LogP contribution in [0.15, 0.2) is 24.3 Å². The molecule has 0 aliphatic carbocycles. The third-order valence-electron chi connectivity index (χ3n) is 2.82. The molecule has 0 saturated carbocycles. The molecular formula is C14H21NO4. The monoisotopic (exact) mass is 267 g/mol. The summed E-state index contributed by atoms with van der Waals surface area (Å²) >= 11 is 0. The number of carboxylic acids is 1. The molecule has 1 aromatic rings. The molecule has 0 aliphatic rings. The lowest BCUT2D eigenvalue weighted by Gasteiger charge is -2.25. The molecule has 0 spiro atoms. The average Bonchev–Trinajstić information content (AvgIpc) is 2.42. The molecule has 19 heavy (non-hydrogen) atoms. The first-order chi connectivity index (χ1) is 9.20. The van der Waals surface area contributed by atoms with Gasteiger partial charge in [0, 0.05) is 33.9 Å². The third-order valence-corrected chi connectivity index (χ3v) is 2.82. The molecule has 0 amide bonds. The number of nitrogens with zero attached hydrogens (tertiary/aromatic N) is 1. The summed E-state index contributed by atoms with van der Waals surface area (Å²) < 4.78 is 10.1. The second kappa shape index (κ2) is 8.50. The number of carbonyl (C=O) groups is 1. The Morgan fingerprint density at radius 2 is 1.84 bits per heavy atom. The summed E-state index contributed by atoms with van der Waals surface area (Å²) in [5.41, 5.74) is 1.04. The number of para-hydroxylation sites is 1. The minimum atomic E-state index is -0.912. The van der Waals surface area contributed by atoms with E-state index in [1.165, 1.54) is 0 Å². The number of methoxy groups -OCH3 is 2. The Kier molecular flexibility index (Phi) is 6.92. The van der Waals surface area contributed by atoms with E-state index >= 15 is 0 Å². The topological polar surface area (TPSA) is 59.0 Å². The molecule has 0 fully saturated rings. The van der Waals surface area contributed by atoms with Crippen LogP contribution in [0.5, 0.6) is 0 Å². The molecule has 1 aromatic carbocycles. The van der Waals surface area contributed by atoms with Gasteiger partial charge in [-0.1, -0.05) is 12.1 Å². The summed E-state index contributed by atoms with van der Waals surface area (Å²) in [6, 6.07) is 7.02. The molecule has 0 bridgehead atoms. The zero-order valence-corrected chi connectivity index (χ0v) is 11.5. The predicted octanol–water partition coefficient (Wildman–Crippen LogP) is 1.87. The van der Waals surface area contributed by atoms with Crippen LogP contribution < -0.4 is 4.90 Å². The normalized spacial score (nSPS) is 10.4. The van der Waals surface area contributed by atoms with E-state index in [2.05, 4.69) is 0 Å². The van der Waals surface area contributed by atoms with Crippen LogP contribution in [0, 0.1) is 0 Å². The van der Waals surface area contributed by atoms with Gasteiger partial charge in [0.15, 0.2) is 0 Å². The van der Waals surface area contributed by atoms with Crippen molar-refractivity contribution in [3.05, 3.63) is 29.8 Å². The molecule has 0 aliphatic heterocycles. The van der Waals surface area contributed by atoms with E-state index in [1.807, 2.05) is 17.0 Å². The van der Waals surface area contributed by atoms with Crippen molar-refractivity contribution in [2.45, 2.75) is 6.42 Å². The summed E-state index contributed by atoms with van der Waals surface area (Å²) in [7, 11) is 3.29. The van der Waals surface area contributed by atoms with Gasteiger partial charge in [-0.3, -0.25) is 0 Å². The summed E-state index contributed by atoms with van der Waals surface area (Å²) in [5, 5.41) is 9.23. The van der Waals surface area contributed by atoms with Gasteiger partial charge in [-0.15, -0.1) is 0 Å². The van der Waals surface area contributed by atoms with Gasteiger partial charge < -0.3 is 19.5 Å². The number of hydrogen-bond acceptors (Lipinski definition) is 4. The van der Waals surface area contributed by atoms with Crippen LogP contribution in [0.1, 0.15) is 16.8 Å². The number of benzene rings is 1. The van der Waals surface area contributed by atoms with Crippen LogP contribution in [-0.4, -0.2) is 51.6 Å². The fourth-order valence-electron chi connectivity index (χ4n) is 1.88. The second-order valence-electron chi connectivity index (χ2n) is 4.15. The lowest BCUT2D eigenvalue weighted by Crippen LogP contribution is -2.30. The van der Waals surface area contributed by atoms with Crippen molar-refractivity contribution in [2.24, 2.45) is 0 Å². The predicted molar refractivity (Wildman–Crippen MR) is 74.0 cm³/mol. The van der Waals surface area contributed by atoms with Gasteiger partial charge >= 0.3 is 5.97 Å². The van der Waals surface area contributed by atoms with E-state index < -0.39 is 5.97 Å². The highest BCUT2D eigenvalue weighted by Gasteiger charge is 2.14. The van der Waals surface area contributed by atoms with Gasteiger partial charge in [-0.05, 0) is 18.6 Å². The third kappa shape index (κ3) is 4.89. The van der Waals surface area contributed by atoms with Crippen molar-refractivity contribution in [3.8, 4) is 0 Å². The maximum atomic E-state index is 11.2. The lowest BCUT2D eigenvalue weighted by molar-refractivity contribution is 0.0697. The highest BCUT2D eigenvalue weighted by atomic mass is 16.5. The molecule has 0 unspecified atom stereocenters.